The Morgan fingerprint density at radius 2 is 0.981 bits per heavy atom. The van der Waals surface area contributed by atoms with Crippen LogP contribution < -0.4 is 0 Å². The minimum Gasteiger partial charge on any atom is -0.445 e. The molecule has 0 amide bonds. The number of oxazole rings is 1. The fourth-order valence-corrected chi connectivity index (χ4v) is 9.39. The van der Waals surface area contributed by atoms with Crippen LogP contribution in [0.25, 0.3) is 54.7 Å². The van der Waals surface area contributed by atoms with E-state index in [4.69, 9.17) is 8.94 Å². The van der Waals surface area contributed by atoms with Crippen LogP contribution in [0.3, 0.4) is 0 Å². The molecule has 0 spiro atoms. The van der Waals surface area contributed by atoms with Gasteiger partial charge in [-0.3, -0.25) is 14.5 Å². The maximum atomic E-state index is 5.11. The molecule has 103 heavy (non-hydrogen) atoms. The Morgan fingerprint density at radius 1 is 0.447 bits per heavy atom. The second-order valence-corrected chi connectivity index (χ2v) is 34.3. The summed E-state index contributed by atoms with van der Waals surface area (Å²) in [6.07, 6.45) is 29.1. The monoisotopic (exact) mass is 1410 g/mol. The third kappa shape index (κ3) is 30.3. The summed E-state index contributed by atoms with van der Waals surface area (Å²) in [5, 5.41) is 19.4. The summed E-state index contributed by atoms with van der Waals surface area (Å²) in [6, 6.07) is 4.10. The SMILES string of the molecule is C=Cc1b[nH]cc1C(C)(C)C.C=Cc1cc(C(C)(C)C)[nH]n1.C=Cc1cc(C(C)(C)C)n(C)n1.C=Cc1nc(C(C)(C)C)cn1C.C=Cc1nc(C(C)(C)C)co1.C=Cc1ncc(C(C)(C)C)[nH]1.C=Cc1ncc(C(C)(C)C)n1C.C=Cc1nn(C)cc1C(C)(C)C.C=Cc1nocc1C(C)(C)C. The predicted molar refractivity (Wildman–Crippen MR) is 444 cm³/mol. The van der Waals surface area contributed by atoms with Gasteiger partial charge in [0.05, 0.1) is 28.5 Å². The number of aromatic amines is 3. The second kappa shape index (κ2) is 38.4. The van der Waals surface area contributed by atoms with Crippen molar-refractivity contribution in [3.05, 3.63) is 217 Å². The van der Waals surface area contributed by atoms with E-state index in [1.807, 2.05) is 79.9 Å². The van der Waals surface area contributed by atoms with Gasteiger partial charge in [0.15, 0.2) is 0 Å². The van der Waals surface area contributed by atoms with Gasteiger partial charge in [-0.1, -0.05) is 224 Å². The van der Waals surface area contributed by atoms with Gasteiger partial charge in [-0.25, -0.2) is 19.9 Å². The van der Waals surface area contributed by atoms with Crippen molar-refractivity contribution in [2.75, 3.05) is 0 Å². The molecule has 9 rings (SSSR count). The molecule has 9 heterocycles. The van der Waals surface area contributed by atoms with Crippen LogP contribution >= 0.6 is 0 Å². The van der Waals surface area contributed by atoms with Crippen LogP contribution in [0.5, 0.6) is 0 Å². The zero-order valence-electron chi connectivity index (χ0n) is 69.5. The Bertz CT molecular complexity index is 3910. The first-order valence-electron chi connectivity index (χ1n) is 35.0. The molecule has 0 bridgehead atoms. The quantitative estimate of drug-likeness (QED) is 0.125. The van der Waals surface area contributed by atoms with Crippen molar-refractivity contribution >= 4 is 61.7 Å². The first-order valence-corrected chi connectivity index (χ1v) is 35.0. The maximum absolute atomic E-state index is 5.11. The summed E-state index contributed by atoms with van der Waals surface area (Å²) in [5.74, 6) is 3.30. The molecule has 0 fully saturated rings. The van der Waals surface area contributed by atoms with Crippen molar-refractivity contribution < 1.29 is 8.94 Å². The summed E-state index contributed by atoms with van der Waals surface area (Å²) in [5.41, 5.74) is 16.7. The first-order chi connectivity index (χ1) is 47.0. The molecule has 0 saturated carbocycles. The van der Waals surface area contributed by atoms with Crippen LogP contribution in [0, 0.1) is 0 Å². The third-order valence-electron chi connectivity index (χ3n) is 15.7. The topological polar surface area (TPSA) is 196 Å². The third-order valence-corrected chi connectivity index (χ3v) is 15.7. The average Bonchev–Trinajstić information content (AvgIpc) is 1.23. The molecule has 3 N–H and O–H groups in total. The summed E-state index contributed by atoms with van der Waals surface area (Å²) in [7, 11) is 9.88. The predicted octanol–water partition coefficient (Wildman–Crippen LogP) is 21.7. The molecule has 0 aliphatic heterocycles. The molecule has 0 unspecified atom stereocenters. The van der Waals surface area contributed by atoms with E-state index in [0.29, 0.717) is 5.89 Å². The van der Waals surface area contributed by atoms with E-state index in [9.17, 15) is 0 Å². The fraction of sp³-hybridized carbons (Fsp3) is 0.471. The van der Waals surface area contributed by atoms with Gasteiger partial charge in [-0.2, -0.15) is 15.3 Å². The number of imidazole rings is 3. The number of H-pyrrole nitrogens is 3. The van der Waals surface area contributed by atoms with E-state index < -0.39 is 0 Å². The molecule has 0 saturated heterocycles. The maximum Gasteiger partial charge on any atom is 0.218 e. The molecular weight excluding hydrogens is 1270 g/mol. The van der Waals surface area contributed by atoms with Crippen molar-refractivity contribution in [3.63, 3.8) is 0 Å². The van der Waals surface area contributed by atoms with Gasteiger partial charge in [0.2, 0.25) is 5.89 Å². The van der Waals surface area contributed by atoms with E-state index in [1.165, 1.54) is 28.0 Å². The van der Waals surface area contributed by atoms with Crippen LogP contribution in [0.15, 0.2) is 124 Å². The zero-order chi connectivity index (χ0) is 79.8. The molecule has 9 aromatic heterocycles. The molecule has 0 radical (unpaired) electrons. The minimum absolute atomic E-state index is 0.0603. The molecule has 0 aromatic carbocycles. The molecule has 0 aliphatic rings. The van der Waals surface area contributed by atoms with Gasteiger partial charge >= 0.3 is 68.0 Å². The van der Waals surface area contributed by atoms with E-state index >= 15 is 0 Å². The largest absolute Gasteiger partial charge is 0.445 e. The van der Waals surface area contributed by atoms with Gasteiger partial charge in [0.25, 0.3) is 0 Å². The van der Waals surface area contributed by atoms with Crippen LogP contribution in [0.1, 0.15) is 289 Å². The Morgan fingerprint density at radius 3 is 1.27 bits per heavy atom. The van der Waals surface area contributed by atoms with Crippen LogP contribution in [0.4, 0.5) is 0 Å². The van der Waals surface area contributed by atoms with Crippen LogP contribution in [-0.4, -0.2) is 80.9 Å². The number of aromatic nitrogens is 15. The van der Waals surface area contributed by atoms with Gasteiger partial charge in [-0.05, 0) is 71.6 Å². The zero-order valence-corrected chi connectivity index (χ0v) is 69.5. The Balaban J connectivity index is 0.000000580. The number of nitrogens with zero attached hydrogens (tertiary/aromatic N) is 12. The molecule has 18 heteroatoms. The van der Waals surface area contributed by atoms with Gasteiger partial charge in [0.1, 0.15) is 35.7 Å². The second-order valence-electron chi connectivity index (χ2n) is 34.3. The summed E-state index contributed by atoms with van der Waals surface area (Å²) in [6.45, 7) is 91.3. The summed E-state index contributed by atoms with van der Waals surface area (Å²) < 4.78 is 17.8. The van der Waals surface area contributed by atoms with Gasteiger partial charge < -0.3 is 23.1 Å². The summed E-state index contributed by atoms with van der Waals surface area (Å²) in [4.78, 5) is 23.3. The van der Waals surface area contributed by atoms with E-state index in [-0.39, 0.29) is 48.7 Å². The first kappa shape index (κ1) is 91.8. The fourth-order valence-electron chi connectivity index (χ4n) is 9.39. The molecule has 9 aromatic rings. The van der Waals surface area contributed by atoms with E-state index in [1.54, 1.807) is 61.1 Å². The normalized spacial score (nSPS) is 11.6. The van der Waals surface area contributed by atoms with Crippen LogP contribution in [0.2, 0.25) is 0 Å². The number of hydrogen-bond donors (Lipinski definition) is 3. The van der Waals surface area contributed by atoms with Crippen molar-refractivity contribution in [2.24, 2.45) is 28.2 Å². The smallest absolute Gasteiger partial charge is 0.218 e. The Kier molecular flexibility index (Phi) is 34.2. The number of hydrogen-bond acceptors (Lipinski definition) is 10. The number of nitrogens with one attached hydrogen (secondary N) is 3. The minimum atomic E-state index is 0.0603. The van der Waals surface area contributed by atoms with Crippen molar-refractivity contribution in [1.29, 1.82) is 0 Å². The summed E-state index contributed by atoms with van der Waals surface area (Å²) >= 11 is 0. The molecule has 0 atom stereocenters. The average molecular weight is 1410 g/mol. The number of rotatable bonds is 9. The molecule has 562 valence electrons. The molecule has 0 aliphatic carbocycles. The van der Waals surface area contributed by atoms with Crippen LogP contribution in [-0.2, 0) is 76.9 Å². The van der Waals surface area contributed by atoms with Crippen molar-refractivity contribution in [1.82, 2.24) is 73.9 Å². The van der Waals surface area contributed by atoms with E-state index in [0.717, 1.165) is 68.6 Å². The Hall–Kier alpha value is -9.19. The van der Waals surface area contributed by atoms with E-state index in [2.05, 4.69) is 325 Å². The van der Waals surface area contributed by atoms with Crippen molar-refractivity contribution in [2.45, 2.75) is 236 Å². The standard InChI is InChI=1S/4C10H16N2.C9H14BN.2C9H14N2.2C9H13NO/c1-6-9-11-8(7-12(9)5)10(2,3)4;1-6-9-11-7-8(12(9)5)10(2,3)4;1-6-9-8(10(2,3)4)7-12(5)11-9;1-6-8-7-9(10(2,3)4)12(5)11-8;1-5-8-7(6-11-10-8)9(2,3)4;1-5-8-10-6-7(11-8)9(2,3)4;1-5-7-6-8(11-10-7)9(2,3)4;1-5-8-10-7(6-11-8)9(2,3)4;1-5-8-7(6-11-10-8)9(2,3)4/h4*6-7H,1H2,2-5H3;5-6,11H,1H2,2-4H3;2*5-6H,1H2,2-4H3,(H,10,11);2*5-6H,1H2,2-4H3. The molecular formula is C85H132BN15O2. The van der Waals surface area contributed by atoms with Gasteiger partial charge in [-0.15, -0.1) is 0 Å². The number of aryl methyl sites for hydroxylation is 3. The van der Waals surface area contributed by atoms with Crippen molar-refractivity contribution in [3.8, 4) is 0 Å². The Labute approximate surface area is 622 Å². The van der Waals surface area contributed by atoms with Gasteiger partial charge in [0, 0.05) is 119 Å². The molecule has 17 nitrogen and oxygen atoms in total.